The minimum Gasteiger partial charge on any atom is -0.311 e. The van der Waals surface area contributed by atoms with Crippen molar-refractivity contribution in [3.05, 3.63) is 204 Å². The standard InChI is InChI=1S/C52H48N2/c1-3-51(4-2)49-25-15-14-24-47(49)48-35-34-46(38-50(48)51)54(43-22-12-7-13-23-43)45-32-28-40(29-33-45)52(36-16-17-37-52)39-26-30-44(31-27-39)53(41-18-8-5-9-19-41)42-20-10-6-11-21-42/h5-15,18-35,38H,3-4,16-17,36-37H2,1-2H3. The highest BCUT2D eigenvalue weighted by atomic mass is 15.1. The van der Waals surface area contributed by atoms with Gasteiger partial charge in [-0.3, -0.25) is 0 Å². The van der Waals surface area contributed by atoms with Gasteiger partial charge in [0.05, 0.1) is 0 Å². The molecule has 0 spiro atoms. The first-order valence-electron chi connectivity index (χ1n) is 19.9. The predicted molar refractivity (Wildman–Crippen MR) is 228 cm³/mol. The molecule has 7 aromatic rings. The van der Waals surface area contributed by atoms with Gasteiger partial charge in [-0.1, -0.05) is 136 Å². The second-order valence-electron chi connectivity index (χ2n) is 15.1. The number of fused-ring (bicyclic) bond motifs is 3. The van der Waals surface area contributed by atoms with Crippen LogP contribution in [0.4, 0.5) is 34.1 Å². The maximum Gasteiger partial charge on any atom is 0.0465 e. The Kier molecular flexibility index (Phi) is 8.91. The molecule has 1 fully saturated rings. The van der Waals surface area contributed by atoms with Gasteiger partial charge in [0.1, 0.15) is 0 Å². The normalized spacial score (nSPS) is 15.0. The van der Waals surface area contributed by atoms with Gasteiger partial charge in [-0.15, -0.1) is 0 Å². The molecule has 2 heteroatoms. The first kappa shape index (κ1) is 33.9. The molecule has 0 saturated heterocycles. The third kappa shape index (κ3) is 5.64. The van der Waals surface area contributed by atoms with E-state index < -0.39 is 0 Å². The Morgan fingerprint density at radius 3 is 1.26 bits per heavy atom. The van der Waals surface area contributed by atoms with Gasteiger partial charge < -0.3 is 9.80 Å². The fourth-order valence-electron chi connectivity index (χ4n) is 9.80. The molecule has 266 valence electrons. The average Bonchev–Trinajstić information content (AvgIpc) is 3.85. The van der Waals surface area contributed by atoms with Crippen LogP contribution in [-0.2, 0) is 10.8 Å². The predicted octanol–water partition coefficient (Wildman–Crippen LogP) is 14.6. The largest absolute Gasteiger partial charge is 0.311 e. The van der Waals surface area contributed by atoms with Crippen LogP contribution in [0.2, 0.25) is 0 Å². The summed E-state index contributed by atoms with van der Waals surface area (Å²) < 4.78 is 0. The summed E-state index contributed by atoms with van der Waals surface area (Å²) in [6.45, 7) is 4.70. The first-order chi connectivity index (χ1) is 26.6. The van der Waals surface area contributed by atoms with Gasteiger partial charge in [0.25, 0.3) is 0 Å². The van der Waals surface area contributed by atoms with Gasteiger partial charge >= 0.3 is 0 Å². The van der Waals surface area contributed by atoms with Crippen LogP contribution in [0, 0.1) is 0 Å². The molecule has 9 rings (SSSR count). The molecule has 7 aromatic carbocycles. The highest BCUT2D eigenvalue weighted by Gasteiger charge is 2.41. The molecule has 1 saturated carbocycles. The Bertz CT molecular complexity index is 2300. The third-order valence-corrected chi connectivity index (χ3v) is 12.6. The summed E-state index contributed by atoms with van der Waals surface area (Å²) in [5.41, 5.74) is 15.6. The van der Waals surface area contributed by atoms with Crippen LogP contribution in [0.3, 0.4) is 0 Å². The fraction of sp³-hybridized carbons (Fsp3) is 0.192. The van der Waals surface area contributed by atoms with E-state index in [2.05, 4.69) is 206 Å². The van der Waals surface area contributed by atoms with Crippen LogP contribution in [0.15, 0.2) is 182 Å². The zero-order chi connectivity index (χ0) is 36.5. The number of rotatable bonds is 10. The van der Waals surface area contributed by atoms with E-state index in [0.29, 0.717) is 0 Å². The Hall–Kier alpha value is -5.86. The van der Waals surface area contributed by atoms with Crippen molar-refractivity contribution in [2.75, 3.05) is 9.80 Å². The summed E-state index contributed by atoms with van der Waals surface area (Å²) in [5, 5.41) is 0. The Morgan fingerprint density at radius 1 is 0.389 bits per heavy atom. The number of para-hydroxylation sites is 3. The quantitative estimate of drug-likeness (QED) is 0.140. The summed E-state index contributed by atoms with van der Waals surface area (Å²) in [6.07, 6.45) is 6.97. The molecule has 2 aliphatic rings. The van der Waals surface area contributed by atoms with E-state index in [1.807, 2.05) is 0 Å². The maximum atomic E-state index is 2.48. The second kappa shape index (κ2) is 14.2. The van der Waals surface area contributed by atoms with Crippen LogP contribution in [0.1, 0.15) is 74.6 Å². The van der Waals surface area contributed by atoms with Crippen molar-refractivity contribution >= 4 is 34.1 Å². The minimum atomic E-state index is 0.000160. The average molecular weight is 701 g/mol. The highest BCUT2D eigenvalue weighted by molar-refractivity contribution is 5.86. The molecule has 0 aliphatic heterocycles. The van der Waals surface area contributed by atoms with Crippen molar-refractivity contribution in [2.24, 2.45) is 0 Å². The zero-order valence-corrected chi connectivity index (χ0v) is 31.5. The van der Waals surface area contributed by atoms with Gasteiger partial charge in [0, 0.05) is 45.0 Å². The monoisotopic (exact) mass is 700 g/mol. The van der Waals surface area contributed by atoms with Crippen LogP contribution >= 0.6 is 0 Å². The maximum absolute atomic E-state index is 2.48. The molecule has 0 heterocycles. The molecule has 0 aromatic heterocycles. The zero-order valence-electron chi connectivity index (χ0n) is 31.5. The van der Waals surface area contributed by atoms with Gasteiger partial charge in [0.15, 0.2) is 0 Å². The topological polar surface area (TPSA) is 6.48 Å². The lowest BCUT2D eigenvalue weighted by molar-refractivity contribution is 0.490. The van der Waals surface area contributed by atoms with Gasteiger partial charge in [-0.25, -0.2) is 0 Å². The van der Waals surface area contributed by atoms with E-state index >= 15 is 0 Å². The number of anilines is 6. The van der Waals surface area contributed by atoms with Crippen molar-refractivity contribution in [2.45, 2.75) is 63.2 Å². The van der Waals surface area contributed by atoms with Crippen LogP contribution in [0.25, 0.3) is 11.1 Å². The van der Waals surface area contributed by atoms with Crippen LogP contribution in [-0.4, -0.2) is 0 Å². The van der Waals surface area contributed by atoms with Crippen molar-refractivity contribution < 1.29 is 0 Å². The molecule has 2 nitrogen and oxygen atoms in total. The molecule has 0 unspecified atom stereocenters. The Balaban J connectivity index is 1.08. The van der Waals surface area contributed by atoms with E-state index in [4.69, 9.17) is 0 Å². The van der Waals surface area contributed by atoms with Crippen molar-refractivity contribution in [3.63, 3.8) is 0 Å². The lowest BCUT2D eigenvalue weighted by Gasteiger charge is -2.33. The number of hydrogen-bond donors (Lipinski definition) is 0. The molecule has 2 aliphatic carbocycles. The summed E-state index contributed by atoms with van der Waals surface area (Å²) >= 11 is 0. The smallest absolute Gasteiger partial charge is 0.0465 e. The molecule has 0 amide bonds. The van der Waals surface area contributed by atoms with E-state index in [1.54, 1.807) is 0 Å². The molecular weight excluding hydrogens is 653 g/mol. The summed E-state index contributed by atoms with van der Waals surface area (Å²) in [5.74, 6) is 0. The fourth-order valence-corrected chi connectivity index (χ4v) is 9.80. The van der Waals surface area contributed by atoms with Crippen molar-refractivity contribution in [1.82, 2.24) is 0 Å². The van der Waals surface area contributed by atoms with Crippen LogP contribution < -0.4 is 9.80 Å². The van der Waals surface area contributed by atoms with Crippen LogP contribution in [0.5, 0.6) is 0 Å². The minimum absolute atomic E-state index is 0.000160. The SMILES string of the molecule is CCC1(CC)c2ccccc2-c2ccc(N(c3ccccc3)c3ccc(C4(c5ccc(N(c6ccccc6)c6ccccc6)cc5)CCCC4)cc3)cc21. The Morgan fingerprint density at radius 2 is 0.778 bits per heavy atom. The van der Waals surface area contributed by atoms with E-state index in [-0.39, 0.29) is 10.8 Å². The molecule has 0 radical (unpaired) electrons. The second-order valence-corrected chi connectivity index (χ2v) is 15.1. The molecular formula is C52H48N2. The van der Waals surface area contributed by atoms with E-state index in [0.717, 1.165) is 37.1 Å². The van der Waals surface area contributed by atoms with E-state index in [1.165, 1.54) is 69.0 Å². The lowest BCUT2D eigenvalue weighted by Crippen LogP contribution is -2.24. The van der Waals surface area contributed by atoms with Gasteiger partial charge in [0.2, 0.25) is 0 Å². The summed E-state index contributed by atoms with van der Waals surface area (Å²) in [4.78, 5) is 4.79. The molecule has 54 heavy (non-hydrogen) atoms. The van der Waals surface area contributed by atoms with Crippen molar-refractivity contribution in [1.29, 1.82) is 0 Å². The Labute approximate surface area is 321 Å². The number of nitrogens with zero attached hydrogens (tertiary/aromatic N) is 2. The summed E-state index contributed by atoms with van der Waals surface area (Å²) in [7, 11) is 0. The number of benzene rings is 7. The lowest BCUT2D eigenvalue weighted by atomic mass is 9.73. The van der Waals surface area contributed by atoms with Gasteiger partial charge in [-0.2, -0.15) is 0 Å². The molecule has 0 bridgehead atoms. The third-order valence-electron chi connectivity index (χ3n) is 12.6. The van der Waals surface area contributed by atoms with Gasteiger partial charge in [-0.05, 0) is 132 Å². The van der Waals surface area contributed by atoms with Crippen molar-refractivity contribution in [3.8, 4) is 11.1 Å². The molecule has 0 N–H and O–H groups in total. The summed E-state index contributed by atoms with van der Waals surface area (Å²) in [6, 6.07) is 67.4. The highest BCUT2D eigenvalue weighted by Crippen LogP contribution is 2.54. The van der Waals surface area contributed by atoms with E-state index in [9.17, 15) is 0 Å². The first-order valence-corrected chi connectivity index (χ1v) is 19.9. The molecule has 0 atom stereocenters. The number of hydrogen-bond acceptors (Lipinski definition) is 2.